The molecule has 0 spiro atoms. The zero-order valence-corrected chi connectivity index (χ0v) is 45.6. The predicted octanol–water partition coefficient (Wildman–Crippen LogP) is 6.19. The molecule has 2 aliphatic rings. The Balaban J connectivity index is 0.691. The van der Waals surface area contributed by atoms with Gasteiger partial charge in [0.15, 0.2) is 0 Å². The summed E-state index contributed by atoms with van der Waals surface area (Å²) in [7, 11) is -7.60. The number of nitriles is 2. The standard InChI is InChI=1S/C52H64Cl2N8O12S2/c1-35-27-41(5-9-47(35)73-49-11-7-43-37(33-55)29-39(53)31-45(43)49)75(65,66)61-17-21-71-25-23-69-19-15-59-51(63)57-13-3-4-14-58-52(64)60-16-20-70-24-26-72-22-18-62-76(67,68)42-6-10-48(36(2)28-42)74-50-12-8-44-38(34-56)30-40(54)32-46(44)50/h5-6,9-10,27-32,49-50,61-62H,3-4,7-8,11-26H2,1-2H3,(H2,57,59,63)(H2,58,60,64)/t49-,50-/m1/s1. The van der Waals surface area contributed by atoms with Gasteiger partial charge in [-0.1, -0.05) is 23.2 Å². The van der Waals surface area contributed by atoms with Crippen LogP contribution in [-0.2, 0) is 51.8 Å². The van der Waals surface area contributed by atoms with Gasteiger partial charge in [0, 0.05) is 49.3 Å². The molecule has 0 heterocycles. The minimum Gasteiger partial charge on any atom is -0.485 e. The number of benzene rings is 4. The number of fused-ring (bicyclic) bond motifs is 2. The Hall–Kier alpha value is -5.76. The van der Waals surface area contributed by atoms with Crippen LogP contribution in [0.3, 0.4) is 0 Å². The fourth-order valence-electron chi connectivity index (χ4n) is 8.46. The molecule has 0 radical (unpaired) electrons. The van der Waals surface area contributed by atoms with E-state index in [1.165, 1.54) is 12.1 Å². The van der Waals surface area contributed by atoms with Crippen molar-refractivity contribution in [3.05, 3.63) is 115 Å². The van der Waals surface area contributed by atoms with Gasteiger partial charge in [0.1, 0.15) is 23.7 Å². The molecule has 24 heteroatoms. The summed E-state index contributed by atoms with van der Waals surface area (Å²) in [5.41, 5.74) is 5.98. The molecule has 0 aromatic heterocycles. The fourth-order valence-corrected chi connectivity index (χ4v) is 11.1. The molecule has 2 aliphatic carbocycles. The molecule has 6 rings (SSSR count). The number of halogens is 2. The third-order valence-corrected chi connectivity index (χ3v) is 15.6. The fraction of sp³-hybridized carbons (Fsp3) is 0.462. The zero-order chi connectivity index (χ0) is 54.5. The van der Waals surface area contributed by atoms with E-state index in [-0.39, 0.29) is 113 Å². The average Bonchev–Trinajstić information content (AvgIpc) is 3.99. The van der Waals surface area contributed by atoms with Crippen molar-refractivity contribution in [2.24, 2.45) is 0 Å². The topological polar surface area (TPSA) is 278 Å². The maximum atomic E-state index is 12.9. The van der Waals surface area contributed by atoms with Gasteiger partial charge >= 0.3 is 12.1 Å². The molecule has 0 saturated heterocycles. The number of nitrogens with zero attached hydrogens (tertiary/aromatic N) is 2. The Morgan fingerprint density at radius 2 is 0.908 bits per heavy atom. The number of ether oxygens (including phenoxy) is 6. The lowest BCUT2D eigenvalue weighted by Gasteiger charge is -2.18. The lowest BCUT2D eigenvalue weighted by molar-refractivity contribution is 0.0516. The predicted molar refractivity (Wildman–Crippen MR) is 284 cm³/mol. The Labute approximate surface area is 454 Å². The molecule has 0 aliphatic heterocycles. The molecule has 4 amide bonds. The van der Waals surface area contributed by atoms with Crippen LogP contribution in [0.5, 0.6) is 11.5 Å². The van der Waals surface area contributed by atoms with Gasteiger partial charge in [-0.25, -0.2) is 35.9 Å². The Bertz CT molecular complexity index is 2760. The molecule has 4 aromatic carbocycles. The normalized spacial score (nSPS) is 14.8. The number of hydrogen-bond acceptors (Lipinski definition) is 14. The van der Waals surface area contributed by atoms with Gasteiger partial charge in [-0.15, -0.1) is 0 Å². The maximum Gasteiger partial charge on any atom is 0.314 e. The van der Waals surface area contributed by atoms with E-state index in [1.807, 2.05) is 12.1 Å². The summed E-state index contributed by atoms with van der Waals surface area (Å²) in [6.45, 7) is 6.78. The van der Waals surface area contributed by atoms with Crippen molar-refractivity contribution in [1.29, 1.82) is 10.5 Å². The first-order chi connectivity index (χ1) is 36.6. The number of urea groups is 2. The van der Waals surface area contributed by atoms with Crippen molar-refractivity contribution in [2.45, 2.75) is 74.4 Å². The first-order valence-corrected chi connectivity index (χ1v) is 28.6. The highest BCUT2D eigenvalue weighted by molar-refractivity contribution is 7.89. The highest BCUT2D eigenvalue weighted by Gasteiger charge is 2.30. The molecule has 0 unspecified atom stereocenters. The van der Waals surface area contributed by atoms with Crippen LogP contribution in [0.25, 0.3) is 0 Å². The minimum atomic E-state index is -3.80. The monoisotopic (exact) mass is 1130 g/mol. The molecule has 0 bridgehead atoms. The number of unbranched alkanes of at least 4 members (excludes halogenated alkanes) is 1. The highest BCUT2D eigenvalue weighted by atomic mass is 35.5. The molecule has 0 saturated carbocycles. The molecule has 6 N–H and O–H groups in total. The summed E-state index contributed by atoms with van der Waals surface area (Å²) in [4.78, 5) is 24.4. The third-order valence-electron chi connectivity index (χ3n) is 12.3. The van der Waals surface area contributed by atoms with Gasteiger partial charge < -0.3 is 49.7 Å². The third kappa shape index (κ3) is 17.9. The van der Waals surface area contributed by atoms with Crippen molar-refractivity contribution < 1.29 is 54.8 Å². The molecule has 2 atom stereocenters. The SMILES string of the molecule is Cc1cc(S(=O)(=O)NCCOCCOCCNC(=O)NCCCCNC(=O)NCCOCCOCCNS(=O)(=O)c2ccc(O[C@@H]3CCc4c(C#N)cc(Cl)cc43)c(C)c2)ccc1O[C@@H]1CCc2c(C#N)cc(Cl)cc21. The van der Waals surface area contributed by atoms with Crippen LogP contribution in [0.2, 0.25) is 10.0 Å². The summed E-state index contributed by atoms with van der Waals surface area (Å²) in [6.07, 6.45) is 3.45. The van der Waals surface area contributed by atoms with Crippen LogP contribution in [-0.4, -0.2) is 121 Å². The van der Waals surface area contributed by atoms with E-state index in [4.69, 9.17) is 51.6 Å². The second-order valence-corrected chi connectivity index (χ2v) is 22.1. The summed E-state index contributed by atoms with van der Waals surface area (Å²) in [6, 6.07) is 19.9. The molecule has 410 valence electrons. The number of carbonyl (C=O) groups is 2. The van der Waals surface area contributed by atoms with Gasteiger partial charge in [0.05, 0.1) is 85.9 Å². The molecule has 20 nitrogen and oxygen atoms in total. The first-order valence-electron chi connectivity index (χ1n) is 24.9. The van der Waals surface area contributed by atoms with E-state index in [0.717, 1.165) is 22.3 Å². The summed E-state index contributed by atoms with van der Waals surface area (Å²) < 4.78 is 91.2. The number of amides is 4. The Morgan fingerprint density at radius 1 is 0.539 bits per heavy atom. The van der Waals surface area contributed by atoms with Gasteiger partial charge in [0.2, 0.25) is 20.0 Å². The van der Waals surface area contributed by atoms with E-state index in [2.05, 4.69) is 42.8 Å². The number of rotatable bonds is 31. The van der Waals surface area contributed by atoms with E-state index in [0.29, 0.717) is 95.4 Å². The van der Waals surface area contributed by atoms with Gasteiger partial charge in [-0.2, -0.15) is 10.5 Å². The van der Waals surface area contributed by atoms with E-state index in [9.17, 15) is 36.9 Å². The van der Waals surface area contributed by atoms with Crippen LogP contribution in [0.4, 0.5) is 9.59 Å². The largest absolute Gasteiger partial charge is 0.485 e. The molecular formula is C52H64Cl2N8O12S2. The van der Waals surface area contributed by atoms with Crippen LogP contribution >= 0.6 is 23.2 Å². The van der Waals surface area contributed by atoms with Crippen LogP contribution < -0.4 is 40.2 Å². The van der Waals surface area contributed by atoms with Crippen LogP contribution in [0, 0.1) is 36.5 Å². The first kappa shape index (κ1) is 59.5. The van der Waals surface area contributed by atoms with Crippen molar-refractivity contribution in [3.63, 3.8) is 0 Å². The molecular weight excluding hydrogens is 1060 g/mol. The summed E-state index contributed by atoms with van der Waals surface area (Å²) in [5.74, 6) is 1.09. The van der Waals surface area contributed by atoms with Crippen molar-refractivity contribution in [3.8, 4) is 23.6 Å². The Morgan fingerprint density at radius 3 is 1.28 bits per heavy atom. The number of sulfonamides is 2. The van der Waals surface area contributed by atoms with E-state index >= 15 is 0 Å². The number of hydrogen-bond donors (Lipinski definition) is 6. The maximum absolute atomic E-state index is 12.9. The average molecular weight is 1130 g/mol. The summed E-state index contributed by atoms with van der Waals surface area (Å²) in [5, 5.41) is 30.8. The number of nitrogens with one attached hydrogen (secondary N) is 6. The Kier molecular flexibility index (Phi) is 23.2. The zero-order valence-electron chi connectivity index (χ0n) is 42.4. The van der Waals surface area contributed by atoms with Crippen LogP contribution in [0.15, 0.2) is 70.5 Å². The van der Waals surface area contributed by atoms with Gasteiger partial charge in [-0.3, -0.25) is 0 Å². The molecule has 76 heavy (non-hydrogen) atoms. The second kappa shape index (κ2) is 29.7. The smallest absolute Gasteiger partial charge is 0.314 e. The highest BCUT2D eigenvalue weighted by Crippen LogP contribution is 2.41. The molecule has 0 fully saturated rings. The number of aryl methyl sites for hydroxylation is 2. The molecule has 4 aromatic rings. The van der Waals surface area contributed by atoms with Crippen LogP contribution in [0.1, 0.15) is 82.4 Å². The van der Waals surface area contributed by atoms with Gasteiger partial charge in [-0.05, 0) is 146 Å². The quantitative estimate of drug-likeness (QED) is 0.0307. The number of carbonyl (C=O) groups excluding carboxylic acids is 2. The van der Waals surface area contributed by atoms with Crippen molar-refractivity contribution >= 4 is 55.3 Å². The van der Waals surface area contributed by atoms with E-state index in [1.54, 1.807) is 50.2 Å². The van der Waals surface area contributed by atoms with E-state index < -0.39 is 20.0 Å². The van der Waals surface area contributed by atoms with Crippen molar-refractivity contribution in [1.82, 2.24) is 30.7 Å². The second-order valence-electron chi connectivity index (χ2n) is 17.7. The summed E-state index contributed by atoms with van der Waals surface area (Å²) >= 11 is 12.5. The lowest BCUT2D eigenvalue weighted by Crippen LogP contribution is -2.39. The van der Waals surface area contributed by atoms with Gasteiger partial charge in [0.25, 0.3) is 0 Å². The lowest BCUT2D eigenvalue weighted by atomic mass is 10.0. The minimum absolute atomic E-state index is 0.0560. The van der Waals surface area contributed by atoms with Crippen molar-refractivity contribution in [2.75, 3.05) is 92.1 Å².